The molecule has 2 aliphatic heterocycles. The minimum atomic E-state index is -0.659. The van der Waals surface area contributed by atoms with Gasteiger partial charge in [-0.05, 0) is 13.8 Å². The van der Waals surface area contributed by atoms with Crippen molar-refractivity contribution in [3.05, 3.63) is 0 Å². The maximum Gasteiger partial charge on any atom is 0.164 e. The van der Waals surface area contributed by atoms with E-state index >= 15 is 0 Å². The van der Waals surface area contributed by atoms with E-state index in [0.29, 0.717) is 0 Å². The molecule has 0 spiro atoms. The highest BCUT2D eigenvalue weighted by molar-refractivity contribution is 5.50. The predicted octanol–water partition coefficient (Wildman–Crippen LogP) is -0.145. The molecule has 0 aromatic rings. The van der Waals surface area contributed by atoms with Crippen LogP contribution in [-0.4, -0.2) is 48.2 Å². The van der Waals surface area contributed by atoms with Crippen LogP contribution in [0.3, 0.4) is 0 Å². The van der Waals surface area contributed by atoms with Crippen molar-refractivity contribution in [1.82, 2.24) is 0 Å². The van der Waals surface area contributed by atoms with E-state index in [1.807, 2.05) is 13.8 Å². The van der Waals surface area contributed by atoms with Crippen LogP contribution in [0.25, 0.3) is 0 Å². The molecule has 4 atom stereocenters. The molecule has 0 aromatic heterocycles. The monoisotopic (exact) mass is 216 g/mol. The van der Waals surface area contributed by atoms with Crippen LogP contribution < -0.4 is 0 Å². The number of ether oxygens (including phenoxy) is 3. The molecule has 0 saturated carbocycles. The van der Waals surface area contributed by atoms with Gasteiger partial charge in [0.05, 0.1) is 12.7 Å². The summed E-state index contributed by atoms with van der Waals surface area (Å²) in [5, 5.41) is 9.12. The zero-order chi connectivity index (χ0) is 11.1. The van der Waals surface area contributed by atoms with Gasteiger partial charge in [0.15, 0.2) is 5.79 Å². The van der Waals surface area contributed by atoms with Crippen LogP contribution in [-0.2, 0) is 19.0 Å². The smallest absolute Gasteiger partial charge is 0.164 e. The molecule has 0 aromatic carbocycles. The van der Waals surface area contributed by atoms with E-state index in [4.69, 9.17) is 19.3 Å². The van der Waals surface area contributed by atoms with Gasteiger partial charge in [-0.2, -0.15) is 0 Å². The third-order valence-electron chi connectivity index (χ3n) is 2.75. The van der Waals surface area contributed by atoms with Gasteiger partial charge in [0.25, 0.3) is 0 Å². The highest BCUT2D eigenvalue weighted by Crippen LogP contribution is 2.39. The van der Waals surface area contributed by atoms with Crippen molar-refractivity contribution in [2.45, 2.75) is 50.5 Å². The van der Waals surface area contributed by atoms with Gasteiger partial charge in [0.1, 0.15) is 24.6 Å². The Morgan fingerprint density at radius 2 is 1.87 bits per heavy atom. The molecular weight excluding hydrogens is 200 g/mol. The predicted molar refractivity (Wildman–Crippen MR) is 50.3 cm³/mol. The first kappa shape index (κ1) is 11.0. The first-order valence-corrected chi connectivity index (χ1v) is 5.13. The Morgan fingerprint density at radius 3 is 2.40 bits per heavy atom. The number of hydrogen-bond acceptors (Lipinski definition) is 5. The fourth-order valence-electron chi connectivity index (χ4n) is 2.20. The van der Waals surface area contributed by atoms with Gasteiger partial charge < -0.3 is 24.1 Å². The molecule has 0 aliphatic carbocycles. The fraction of sp³-hybridized carbons (Fsp3) is 0.900. The van der Waals surface area contributed by atoms with Crippen LogP contribution in [0.15, 0.2) is 0 Å². The molecule has 0 amide bonds. The Hall–Kier alpha value is -0.490. The zero-order valence-electron chi connectivity index (χ0n) is 8.88. The lowest BCUT2D eigenvalue weighted by molar-refractivity contribution is -0.190. The normalized spacial score (nSPS) is 42.9. The lowest BCUT2D eigenvalue weighted by atomic mass is 10.1. The molecule has 2 fully saturated rings. The fourth-order valence-corrected chi connectivity index (χ4v) is 2.20. The van der Waals surface area contributed by atoms with Gasteiger partial charge in [-0.25, -0.2) is 0 Å². The molecule has 15 heavy (non-hydrogen) atoms. The molecule has 86 valence electrons. The first-order chi connectivity index (χ1) is 7.07. The van der Waals surface area contributed by atoms with Crippen molar-refractivity contribution in [3.8, 4) is 0 Å². The minimum Gasteiger partial charge on any atom is -0.394 e. The van der Waals surface area contributed by atoms with Gasteiger partial charge in [0, 0.05) is 6.42 Å². The number of carbonyl (C=O) groups is 1. The Kier molecular flexibility index (Phi) is 2.81. The van der Waals surface area contributed by atoms with Crippen LogP contribution in [0, 0.1) is 0 Å². The number of aldehydes is 1. The Balaban J connectivity index is 2.11. The number of rotatable bonds is 3. The lowest BCUT2D eigenvalue weighted by Crippen LogP contribution is -2.31. The van der Waals surface area contributed by atoms with E-state index in [9.17, 15) is 4.79 Å². The average molecular weight is 216 g/mol. The lowest BCUT2D eigenvalue weighted by Gasteiger charge is -2.22. The highest BCUT2D eigenvalue weighted by Gasteiger charge is 2.54. The molecule has 1 unspecified atom stereocenters. The van der Waals surface area contributed by atoms with Crippen LogP contribution in [0.4, 0.5) is 0 Å². The van der Waals surface area contributed by atoms with Crippen molar-refractivity contribution < 1.29 is 24.1 Å². The van der Waals surface area contributed by atoms with E-state index in [-0.39, 0.29) is 37.4 Å². The van der Waals surface area contributed by atoms with E-state index < -0.39 is 5.79 Å². The SMILES string of the molecule is CC1(C)O[C@@H]2[C@@H](CO)OC(CC=O)[C@@H]2O1. The maximum atomic E-state index is 10.5. The second-order valence-electron chi connectivity index (χ2n) is 4.36. The number of hydrogen-bond donors (Lipinski definition) is 1. The molecular formula is C10H16O5. The molecule has 0 radical (unpaired) electrons. The second kappa shape index (κ2) is 3.83. The quantitative estimate of drug-likeness (QED) is 0.665. The van der Waals surface area contributed by atoms with Crippen molar-refractivity contribution in [1.29, 1.82) is 0 Å². The molecule has 2 heterocycles. The summed E-state index contributed by atoms with van der Waals surface area (Å²) in [6.45, 7) is 3.52. The van der Waals surface area contributed by atoms with Crippen molar-refractivity contribution in [2.75, 3.05) is 6.61 Å². The highest BCUT2D eigenvalue weighted by atomic mass is 16.8. The second-order valence-corrected chi connectivity index (χ2v) is 4.36. The van der Waals surface area contributed by atoms with Crippen molar-refractivity contribution in [3.63, 3.8) is 0 Å². The summed E-state index contributed by atoms with van der Waals surface area (Å²) in [6, 6.07) is 0. The van der Waals surface area contributed by atoms with Crippen LogP contribution in [0.5, 0.6) is 0 Å². The van der Waals surface area contributed by atoms with Crippen LogP contribution in [0.2, 0.25) is 0 Å². The summed E-state index contributed by atoms with van der Waals surface area (Å²) in [5.74, 6) is -0.659. The minimum absolute atomic E-state index is 0.115. The Labute approximate surface area is 88.3 Å². The molecule has 2 aliphatic rings. The van der Waals surface area contributed by atoms with Gasteiger partial charge in [0.2, 0.25) is 0 Å². The summed E-state index contributed by atoms with van der Waals surface area (Å²) >= 11 is 0. The molecule has 1 N–H and O–H groups in total. The summed E-state index contributed by atoms with van der Waals surface area (Å²) in [7, 11) is 0. The number of fused-ring (bicyclic) bond motifs is 1. The largest absolute Gasteiger partial charge is 0.394 e. The van der Waals surface area contributed by atoms with Gasteiger partial charge >= 0.3 is 0 Å². The summed E-state index contributed by atoms with van der Waals surface area (Å²) < 4.78 is 16.8. The van der Waals surface area contributed by atoms with Crippen LogP contribution >= 0.6 is 0 Å². The summed E-state index contributed by atoms with van der Waals surface area (Å²) in [5.41, 5.74) is 0. The zero-order valence-corrected chi connectivity index (χ0v) is 8.88. The summed E-state index contributed by atoms with van der Waals surface area (Å²) in [4.78, 5) is 10.5. The van der Waals surface area contributed by atoms with E-state index in [2.05, 4.69) is 0 Å². The van der Waals surface area contributed by atoms with Gasteiger partial charge in [-0.1, -0.05) is 0 Å². The third kappa shape index (κ3) is 1.92. The van der Waals surface area contributed by atoms with Crippen molar-refractivity contribution in [2.24, 2.45) is 0 Å². The van der Waals surface area contributed by atoms with E-state index in [0.717, 1.165) is 6.29 Å². The molecule has 2 saturated heterocycles. The van der Waals surface area contributed by atoms with Crippen molar-refractivity contribution >= 4 is 6.29 Å². The topological polar surface area (TPSA) is 65.0 Å². The standard InChI is InChI=1S/C10H16O5/c1-10(2)14-8-6(3-4-11)13-7(5-12)9(8)15-10/h4,6-9,12H,3,5H2,1-2H3/t6?,7-,8+,9-/m1/s1. The third-order valence-corrected chi connectivity index (χ3v) is 2.75. The van der Waals surface area contributed by atoms with E-state index in [1.54, 1.807) is 0 Å². The Bertz CT molecular complexity index is 252. The molecule has 5 nitrogen and oxygen atoms in total. The summed E-state index contributed by atoms with van der Waals surface area (Å²) in [6.07, 6.45) is -0.127. The van der Waals surface area contributed by atoms with Crippen LogP contribution in [0.1, 0.15) is 20.3 Å². The number of aliphatic hydroxyl groups is 1. The molecule has 0 bridgehead atoms. The maximum absolute atomic E-state index is 10.5. The Morgan fingerprint density at radius 1 is 1.27 bits per heavy atom. The van der Waals surface area contributed by atoms with E-state index in [1.165, 1.54) is 0 Å². The van der Waals surface area contributed by atoms with Gasteiger partial charge in [-0.15, -0.1) is 0 Å². The van der Waals surface area contributed by atoms with Gasteiger partial charge in [-0.3, -0.25) is 0 Å². The number of carbonyl (C=O) groups excluding carboxylic acids is 1. The first-order valence-electron chi connectivity index (χ1n) is 5.13. The number of aliphatic hydroxyl groups excluding tert-OH is 1. The molecule has 2 rings (SSSR count). The average Bonchev–Trinajstić information content (AvgIpc) is 2.61. The molecule has 5 heteroatoms.